The molecule has 0 bridgehead atoms. The average Bonchev–Trinajstić information content (AvgIpc) is 2.26. The molecule has 1 unspecified atom stereocenters. The normalized spacial score (nSPS) is 12.2. The van der Waals surface area contributed by atoms with Crippen molar-refractivity contribution in [1.82, 2.24) is 0 Å². The molecular weight excluding hydrogens is 234 g/mol. The van der Waals surface area contributed by atoms with Gasteiger partial charge in [0.25, 0.3) is 0 Å². The number of hydrogen-bond donors (Lipinski definition) is 4. The first-order valence-corrected chi connectivity index (χ1v) is 5.52. The molecule has 0 heterocycles. The Hall–Kier alpha value is -2.24. The summed E-state index contributed by atoms with van der Waals surface area (Å²) in [6.45, 7) is 3.67. The molecule has 18 heavy (non-hydrogen) atoms. The van der Waals surface area contributed by atoms with Crippen LogP contribution in [0.15, 0.2) is 18.2 Å². The van der Waals surface area contributed by atoms with E-state index in [0.29, 0.717) is 5.69 Å². The van der Waals surface area contributed by atoms with Crippen molar-refractivity contribution in [3.05, 3.63) is 23.8 Å². The van der Waals surface area contributed by atoms with Crippen LogP contribution in [0.1, 0.15) is 24.2 Å². The highest BCUT2D eigenvalue weighted by Crippen LogP contribution is 2.24. The predicted octanol–water partition coefficient (Wildman–Crippen LogP) is 0.889. The zero-order valence-electron chi connectivity index (χ0n) is 10.3. The number of aromatic carboxylic acids is 1. The topological polar surface area (TPSA) is 118 Å². The van der Waals surface area contributed by atoms with Crippen LogP contribution in [0.3, 0.4) is 0 Å². The van der Waals surface area contributed by atoms with Crippen LogP contribution in [-0.2, 0) is 4.79 Å². The first kappa shape index (κ1) is 13.8. The van der Waals surface area contributed by atoms with Crippen molar-refractivity contribution < 1.29 is 14.7 Å². The second-order valence-electron chi connectivity index (χ2n) is 4.34. The number of anilines is 2. The molecule has 6 heteroatoms. The van der Waals surface area contributed by atoms with Gasteiger partial charge in [-0.25, -0.2) is 4.79 Å². The molecule has 0 aliphatic carbocycles. The summed E-state index contributed by atoms with van der Waals surface area (Å²) in [5, 5.41) is 11.8. The number of benzene rings is 1. The van der Waals surface area contributed by atoms with Crippen molar-refractivity contribution in [2.45, 2.75) is 19.9 Å². The monoisotopic (exact) mass is 251 g/mol. The molecule has 0 aliphatic heterocycles. The van der Waals surface area contributed by atoms with Gasteiger partial charge in [-0.2, -0.15) is 0 Å². The van der Waals surface area contributed by atoms with Gasteiger partial charge in [-0.1, -0.05) is 19.9 Å². The van der Waals surface area contributed by atoms with Gasteiger partial charge in [-0.15, -0.1) is 0 Å². The van der Waals surface area contributed by atoms with E-state index in [1.165, 1.54) is 6.07 Å². The standard InChI is InChI=1S/C12H17N3O3/c1-6(2)10(11(14)16)15-8-5-3-4-7(9(8)13)12(17)18/h3-6,10,15H,13H2,1-2H3,(H2,14,16)(H,17,18). The number of carboxylic acids is 1. The fourth-order valence-electron chi connectivity index (χ4n) is 1.61. The van der Waals surface area contributed by atoms with Crippen LogP contribution in [0.2, 0.25) is 0 Å². The predicted molar refractivity (Wildman–Crippen MR) is 69.3 cm³/mol. The van der Waals surface area contributed by atoms with Gasteiger partial charge in [-0.05, 0) is 18.1 Å². The van der Waals surface area contributed by atoms with E-state index >= 15 is 0 Å². The lowest BCUT2D eigenvalue weighted by Gasteiger charge is -2.21. The van der Waals surface area contributed by atoms with E-state index in [1.54, 1.807) is 12.1 Å². The average molecular weight is 251 g/mol. The largest absolute Gasteiger partial charge is 0.478 e. The van der Waals surface area contributed by atoms with Gasteiger partial charge in [-0.3, -0.25) is 4.79 Å². The van der Waals surface area contributed by atoms with Gasteiger partial charge >= 0.3 is 5.97 Å². The maximum absolute atomic E-state index is 11.3. The van der Waals surface area contributed by atoms with Crippen LogP contribution in [0, 0.1) is 5.92 Å². The number of para-hydroxylation sites is 1. The molecule has 0 saturated heterocycles. The number of rotatable bonds is 5. The molecule has 6 N–H and O–H groups in total. The molecule has 98 valence electrons. The molecule has 1 aromatic rings. The third-order valence-corrected chi connectivity index (χ3v) is 2.62. The minimum atomic E-state index is -1.11. The summed E-state index contributed by atoms with van der Waals surface area (Å²) in [7, 11) is 0. The van der Waals surface area contributed by atoms with E-state index in [1.807, 2.05) is 13.8 Å². The Balaban J connectivity index is 3.07. The highest BCUT2D eigenvalue weighted by Gasteiger charge is 2.21. The molecule has 1 rings (SSSR count). The van der Waals surface area contributed by atoms with Gasteiger partial charge in [0, 0.05) is 0 Å². The van der Waals surface area contributed by atoms with Gasteiger partial charge in [0.1, 0.15) is 6.04 Å². The first-order chi connectivity index (χ1) is 8.34. The summed E-state index contributed by atoms with van der Waals surface area (Å²) >= 11 is 0. The Morgan fingerprint density at radius 3 is 2.39 bits per heavy atom. The maximum Gasteiger partial charge on any atom is 0.337 e. The number of carboxylic acid groups (broad SMARTS) is 1. The van der Waals surface area contributed by atoms with Crippen LogP contribution in [0.25, 0.3) is 0 Å². The summed E-state index contributed by atoms with van der Waals surface area (Å²) in [5.41, 5.74) is 11.5. The van der Waals surface area contributed by atoms with E-state index in [2.05, 4.69) is 5.32 Å². The quantitative estimate of drug-likeness (QED) is 0.579. The third-order valence-electron chi connectivity index (χ3n) is 2.62. The van der Waals surface area contributed by atoms with E-state index in [9.17, 15) is 9.59 Å². The molecule has 0 fully saturated rings. The van der Waals surface area contributed by atoms with Crippen LogP contribution in [0.5, 0.6) is 0 Å². The van der Waals surface area contributed by atoms with Crippen LogP contribution < -0.4 is 16.8 Å². The summed E-state index contributed by atoms with van der Waals surface area (Å²) in [5.74, 6) is -1.66. The highest BCUT2D eigenvalue weighted by molar-refractivity contribution is 5.97. The summed E-state index contributed by atoms with van der Waals surface area (Å²) < 4.78 is 0. The fourth-order valence-corrected chi connectivity index (χ4v) is 1.61. The van der Waals surface area contributed by atoms with Crippen molar-refractivity contribution in [3.8, 4) is 0 Å². The minimum absolute atomic E-state index is 0.00743. The van der Waals surface area contributed by atoms with E-state index < -0.39 is 17.9 Å². The van der Waals surface area contributed by atoms with Gasteiger partial charge in [0.05, 0.1) is 16.9 Å². The van der Waals surface area contributed by atoms with Gasteiger partial charge in [0.2, 0.25) is 5.91 Å². The maximum atomic E-state index is 11.3. The summed E-state index contributed by atoms with van der Waals surface area (Å²) in [6, 6.07) is 3.97. The van der Waals surface area contributed by atoms with E-state index in [-0.39, 0.29) is 17.2 Å². The number of nitrogen functional groups attached to an aromatic ring is 1. The second-order valence-corrected chi connectivity index (χ2v) is 4.34. The number of carbonyl (C=O) groups excluding carboxylic acids is 1. The molecule has 0 radical (unpaired) electrons. The Labute approximate surface area is 105 Å². The van der Waals surface area contributed by atoms with Crippen LogP contribution >= 0.6 is 0 Å². The number of nitrogens with one attached hydrogen (secondary N) is 1. The molecular formula is C12H17N3O3. The molecule has 0 spiro atoms. The van der Waals surface area contributed by atoms with Gasteiger partial charge in [0.15, 0.2) is 0 Å². The van der Waals surface area contributed by atoms with E-state index in [4.69, 9.17) is 16.6 Å². The lowest BCUT2D eigenvalue weighted by atomic mass is 10.0. The minimum Gasteiger partial charge on any atom is -0.478 e. The molecule has 6 nitrogen and oxygen atoms in total. The molecule has 1 atom stereocenters. The van der Waals surface area contributed by atoms with Crippen molar-refractivity contribution in [2.24, 2.45) is 11.7 Å². The Kier molecular flexibility index (Phi) is 4.14. The summed E-state index contributed by atoms with van der Waals surface area (Å²) in [6.07, 6.45) is 0. The number of carbonyl (C=O) groups is 2. The Morgan fingerprint density at radius 2 is 1.94 bits per heavy atom. The third kappa shape index (κ3) is 2.91. The molecule has 0 aliphatic rings. The highest BCUT2D eigenvalue weighted by atomic mass is 16.4. The molecule has 0 saturated carbocycles. The van der Waals surface area contributed by atoms with Crippen LogP contribution in [-0.4, -0.2) is 23.0 Å². The number of nitrogens with two attached hydrogens (primary N) is 2. The van der Waals surface area contributed by atoms with Crippen molar-refractivity contribution >= 4 is 23.3 Å². The van der Waals surface area contributed by atoms with Crippen LogP contribution in [0.4, 0.5) is 11.4 Å². The molecule has 0 aromatic heterocycles. The second kappa shape index (κ2) is 5.39. The smallest absolute Gasteiger partial charge is 0.337 e. The first-order valence-electron chi connectivity index (χ1n) is 5.52. The van der Waals surface area contributed by atoms with E-state index in [0.717, 1.165) is 0 Å². The van der Waals surface area contributed by atoms with Gasteiger partial charge < -0.3 is 21.9 Å². The number of primary amides is 1. The SMILES string of the molecule is CC(C)C(Nc1cccc(C(=O)O)c1N)C(N)=O. The fraction of sp³-hybridized carbons (Fsp3) is 0.333. The lowest BCUT2D eigenvalue weighted by Crippen LogP contribution is -2.39. The molecule has 1 amide bonds. The number of amides is 1. The van der Waals surface area contributed by atoms with Crippen molar-refractivity contribution in [3.63, 3.8) is 0 Å². The zero-order chi connectivity index (χ0) is 13.9. The zero-order valence-corrected chi connectivity index (χ0v) is 10.3. The Bertz CT molecular complexity index is 472. The summed E-state index contributed by atoms with van der Waals surface area (Å²) in [4.78, 5) is 22.2. The Morgan fingerprint density at radius 1 is 1.33 bits per heavy atom. The molecule has 1 aromatic carbocycles. The lowest BCUT2D eigenvalue weighted by molar-refractivity contribution is -0.119. The van der Waals surface area contributed by atoms with Crippen molar-refractivity contribution in [2.75, 3.05) is 11.1 Å². The van der Waals surface area contributed by atoms with Crippen molar-refractivity contribution in [1.29, 1.82) is 0 Å². The number of hydrogen-bond acceptors (Lipinski definition) is 4.